The molecule has 1 aromatic carbocycles. The van der Waals surface area contributed by atoms with Crippen LogP contribution in [0.5, 0.6) is 0 Å². The van der Waals surface area contributed by atoms with Gasteiger partial charge in [-0.3, -0.25) is 4.79 Å². The Hall–Kier alpha value is -1.55. The molecule has 2 rings (SSSR count). The molecule has 0 aromatic heterocycles. The largest absolute Gasteiger partial charge is 0.383 e. The second-order valence-electron chi connectivity index (χ2n) is 7.09. The molecular weight excluding hydrogens is 481 g/mol. The molecule has 1 heterocycles. The molecule has 1 aromatic rings. The number of carbonyl (C=O) groups is 1. The first kappa shape index (κ1) is 25.5. The Kier molecular flexibility index (Phi) is 12.7. The number of anilines is 1. The van der Waals surface area contributed by atoms with Crippen LogP contribution in [-0.4, -0.2) is 63.7 Å². The summed E-state index contributed by atoms with van der Waals surface area (Å²) in [7, 11) is 3.41. The van der Waals surface area contributed by atoms with Gasteiger partial charge in [-0.05, 0) is 43.4 Å². The number of hydrogen-bond acceptors (Lipinski definition) is 4. The van der Waals surface area contributed by atoms with E-state index in [-0.39, 0.29) is 29.9 Å². The van der Waals surface area contributed by atoms with Crippen molar-refractivity contribution in [3.05, 3.63) is 29.8 Å². The molecule has 0 saturated carbocycles. The van der Waals surface area contributed by atoms with Gasteiger partial charge in [-0.2, -0.15) is 0 Å². The van der Waals surface area contributed by atoms with Crippen molar-refractivity contribution in [2.24, 2.45) is 10.9 Å². The van der Waals surface area contributed by atoms with Crippen molar-refractivity contribution in [3.63, 3.8) is 0 Å². The van der Waals surface area contributed by atoms with E-state index in [1.54, 1.807) is 14.2 Å². The molecule has 0 aliphatic carbocycles. The van der Waals surface area contributed by atoms with Crippen LogP contribution < -0.4 is 16.0 Å². The van der Waals surface area contributed by atoms with Crippen molar-refractivity contribution in [2.75, 3.05) is 52.3 Å². The Balaban J connectivity index is 0.00000420. The number of hydrogen-bond donors (Lipinski definition) is 3. The molecule has 0 radical (unpaired) electrons. The normalized spacial score (nSPS) is 14.9. The molecule has 29 heavy (non-hydrogen) atoms. The Morgan fingerprint density at radius 1 is 1.24 bits per heavy atom. The van der Waals surface area contributed by atoms with E-state index in [0.29, 0.717) is 25.5 Å². The average Bonchev–Trinajstić information content (AvgIpc) is 2.73. The Bertz CT molecular complexity index is 616. The summed E-state index contributed by atoms with van der Waals surface area (Å²) in [5, 5.41) is 9.45. The summed E-state index contributed by atoms with van der Waals surface area (Å²) >= 11 is 0. The van der Waals surface area contributed by atoms with Crippen LogP contribution in [0.25, 0.3) is 0 Å². The summed E-state index contributed by atoms with van der Waals surface area (Å²) in [4.78, 5) is 18.7. The van der Waals surface area contributed by atoms with Crippen LogP contribution in [0.4, 0.5) is 5.69 Å². The number of benzene rings is 1. The van der Waals surface area contributed by atoms with E-state index < -0.39 is 0 Å². The standard InChI is InChI=1S/C21H35N5O2.HI/c1-4-23-21(26-12-9-17(10-13-26)15-20(27)22-2)25-16-18-5-7-19(8-6-18)24-11-14-28-3;/h5-8,17,24H,4,9-16H2,1-3H3,(H,22,27)(H,23,25);1H. The van der Waals surface area contributed by atoms with Gasteiger partial charge in [0.2, 0.25) is 5.91 Å². The van der Waals surface area contributed by atoms with E-state index >= 15 is 0 Å². The quantitative estimate of drug-likeness (QED) is 0.203. The van der Waals surface area contributed by atoms with Crippen molar-refractivity contribution >= 4 is 41.5 Å². The maximum absolute atomic E-state index is 11.6. The van der Waals surface area contributed by atoms with Crippen molar-refractivity contribution in [2.45, 2.75) is 32.7 Å². The van der Waals surface area contributed by atoms with Gasteiger partial charge in [-0.15, -0.1) is 24.0 Å². The third-order valence-electron chi connectivity index (χ3n) is 5.00. The van der Waals surface area contributed by atoms with Gasteiger partial charge in [-0.25, -0.2) is 4.99 Å². The highest BCUT2D eigenvalue weighted by molar-refractivity contribution is 14.0. The number of ether oxygens (including phenoxy) is 1. The Morgan fingerprint density at radius 3 is 2.52 bits per heavy atom. The molecule has 0 bridgehead atoms. The van der Waals surface area contributed by atoms with E-state index in [9.17, 15) is 4.79 Å². The number of nitrogens with one attached hydrogen (secondary N) is 3. The number of likely N-dealkylation sites (tertiary alicyclic amines) is 1. The van der Waals surface area contributed by atoms with Gasteiger partial charge in [0.05, 0.1) is 13.2 Å². The van der Waals surface area contributed by atoms with E-state index in [1.165, 1.54) is 5.56 Å². The van der Waals surface area contributed by atoms with Gasteiger partial charge in [0.25, 0.3) is 0 Å². The summed E-state index contributed by atoms with van der Waals surface area (Å²) in [5.41, 5.74) is 2.28. The highest BCUT2D eigenvalue weighted by Gasteiger charge is 2.23. The van der Waals surface area contributed by atoms with E-state index in [4.69, 9.17) is 9.73 Å². The summed E-state index contributed by atoms with van der Waals surface area (Å²) in [6.45, 7) is 6.96. The monoisotopic (exact) mass is 517 g/mol. The fraction of sp³-hybridized carbons (Fsp3) is 0.619. The first-order chi connectivity index (χ1) is 13.7. The average molecular weight is 517 g/mol. The molecule has 1 aliphatic rings. The van der Waals surface area contributed by atoms with E-state index in [1.807, 2.05) is 0 Å². The summed E-state index contributed by atoms with van der Waals surface area (Å²) in [6, 6.07) is 8.38. The molecule has 1 amide bonds. The molecule has 0 atom stereocenters. The lowest BCUT2D eigenvalue weighted by Gasteiger charge is -2.34. The summed E-state index contributed by atoms with van der Waals surface area (Å²) < 4.78 is 5.05. The fourth-order valence-electron chi connectivity index (χ4n) is 3.33. The van der Waals surface area contributed by atoms with Crippen molar-refractivity contribution in [1.82, 2.24) is 15.5 Å². The third kappa shape index (κ3) is 9.20. The molecule has 1 aliphatic heterocycles. The number of piperidine rings is 1. The molecule has 8 heteroatoms. The van der Waals surface area contributed by atoms with Crippen LogP contribution in [-0.2, 0) is 16.1 Å². The lowest BCUT2D eigenvalue weighted by atomic mass is 9.93. The topological polar surface area (TPSA) is 78.0 Å². The summed E-state index contributed by atoms with van der Waals surface area (Å²) in [6.07, 6.45) is 2.68. The van der Waals surface area contributed by atoms with Crippen LogP contribution >= 0.6 is 24.0 Å². The predicted molar refractivity (Wildman–Crippen MR) is 130 cm³/mol. The van der Waals surface area contributed by atoms with Crippen LogP contribution in [0.1, 0.15) is 31.7 Å². The Labute approximate surface area is 192 Å². The first-order valence-corrected chi connectivity index (χ1v) is 10.2. The zero-order valence-electron chi connectivity index (χ0n) is 17.9. The zero-order valence-corrected chi connectivity index (χ0v) is 20.2. The molecule has 0 spiro atoms. The van der Waals surface area contributed by atoms with Gasteiger partial charge >= 0.3 is 0 Å². The van der Waals surface area contributed by atoms with Gasteiger partial charge in [-0.1, -0.05) is 12.1 Å². The van der Waals surface area contributed by atoms with Gasteiger partial charge in [0.1, 0.15) is 0 Å². The molecule has 7 nitrogen and oxygen atoms in total. The van der Waals surface area contributed by atoms with Crippen LogP contribution in [0.3, 0.4) is 0 Å². The van der Waals surface area contributed by atoms with Crippen LogP contribution in [0.15, 0.2) is 29.3 Å². The van der Waals surface area contributed by atoms with Gasteiger partial charge < -0.3 is 25.6 Å². The smallest absolute Gasteiger partial charge is 0.220 e. The van der Waals surface area contributed by atoms with E-state index in [2.05, 4.69) is 52.0 Å². The molecule has 0 unspecified atom stereocenters. The van der Waals surface area contributed by atoms with Crippen molar-refractivity contribution < 1.29 is 9.53 Å². The lowest BCUT2D eigenvalue weighted by molar-refractivity contribution is -0.121. The number of guanidine groups is 1. The fourth-order valence-corrected chi connectivity index (χ4v) is 3.33. The maximum Gasteiger partial charge on any atom is 0.220 e. The minimum atomic E-state index is 0. The highest BCUT2D eigenvalue weighted by atomic mass is 127. The third-order valence-corrected chi connectivity index (χ3v) is 5.00. The lowest BCUT2D eigenvalue weighted by Crippen LogP contribution is -2.46. The van der Waals surface area contributed by atoms with E-state index in [0.717, 1.165) is 50.7 Å². The molecule has 1 saturated heterocycles. The second kappa shape index (κ2) is 14.4. The van der Waals surface area contributed by atoms with Crippen molar-refractivity contribution in [3.8, 4) is 0 Å². The molecule has 164 valence electrons. The van der Waals surface area contributed by atoms with Crippen LogP contribution in [0, 0.1) is 5.92 Å². The number of carbonyl (C=O) groups excluding carboxylic acids is 1. The number of nitrogens with zero attached hydrogens (tertiary/aromatic N) is 2. The molecule has 1 fully saturated rings. The first-order valence-electron chi connectivity index (χ1n) is 10.2. The minimum absolute atomic E-state index is 0. The van der Waals surface area contributed by atoms with Gasteiger partial charge in [0.15, 0.2) is 5.96 Å². The number of amides is 1. The number of aliphatic imine (C=N–C) groups is 1. The predicted octanol–water partition coefficient (Wildman–Crippen LogP) is 2.68. The zero-order chi connectivity index (χ0) is 20.2. The second-order valence-corrected chi connectivity index (χ2v) is 7.09. The minimum Gasteiger partial charge on any atom is -0.383 e. The maximum atomic E-state index is 11.6. The van der Waals surface area contributed by atoms with Crippen LogP contribution in [0.2, 0.25) is 0 Å². The summed E-state index contributed by atoms with van der Waals surface area (Å²) in [5.74, 6) is 1.57. The Morgan fingerprint density at radius 2 is 1.93 bits per heavy atom. The highest BCUT2D eigenvalue weighted by Crippen LogP contribution is 2.20. The van der Waals surface area contributed by atoms with Crippen molar-refractivity contribution in [1.29, 1.82) is 0 Å². The number of halogens is 1. The molecular formula is C21H36IN5O2. The SMILES string of the molecule is CCNC(=NCc1ccc(NCCOC)cc1)N1CCC(CC(=O)NC)CC1.I. The van der Waals surface area contributed by atoms with Gasteiger partial charge in [0, 0.05) is 52.4 Å². The number of methoxy groups -OCH3 is 1. The molecule has 3 N–H and O–H groups in total. The number of rotatable bonds is 9.